The van der Waals surface area contributed by atoms with E-state index in [1.807, 2.05) is 0 Å². The second-order valence-electron chi connectivity index (χ2n) is 2.59. The van der Waals surface area contributed by atoms with E-state index in [9.17, 15) is 4.39 Å². The molecule has 0 fully saturated rings. The minimum absolute atomic E-state index is 0.290. The first-order valence-electron chi connectivity index (χ1n) is 4.00. The van der Waals surface area contributed by atoms with Gasteiger partial charge in [-0.15, -0.1) is 0 Å². The molecule has 0 aromatic carbocycles. The highest BCUT2D eigenvalue weighted by Gasteiger charge is 2.07. The molecule has 0 aliphatic carbocycles. The van der Waals surface area contributed by atoms with Gasteiger partial charge >= 0.3 is 0 Å². The lowest BCUT2D eigenvalue weighted by Gasteiger charge is -2.00. The van der Waals surface area contributed by atoms with Crippen molar-refractivity contribution in [2.24, 2.45) is 0 Å². The van der Waals surface area contributed by atoms with E-state index in [-0.39, 0.29) is 5.82 Å². The summed E-state index contributed by atoms with van der Waals surface area (Å²) in [6, 6.07) is 1.37. The quantitative estimate of drug-likeness (QED) is 0.851. The molecule has 0 saturated heterocycles. The summed E-state index contributed by atoms with van der Waals surface area (Å²) in [7, 11) is 0. The zero-order valence-electron chi connectivity index (χ0n) is 7.39. The topological polar surface area (TPSA) is 38.7 Å². The van der Waals surface area contributed by atoms with Crippen molar-refractivity contribution >= 4 is 27.7 Å². The first-order chi connectivity index (χ1) is 7.25. The fourth-order valence-corrected chi connectivity index (χ4v) is 1.90. The van der Waals surface area contributed by atoms with Gasteiger partial charge in [-0.25, -0.2) is 14.4 Å². The van der Waals surface area contributed by atoms with E-state index in [0.717, 1.165) is 11.8 Å². The van der Waals surface area contributed by atoms with Crippen LogP contribution in [-0.4, -0.2) is 15.0 Å². The molecule has 2 rings (SSSR count). The molecule has 0 atom stereocenters. The van der Waals surface area contributed by atoms with Gasteiger partial charge in [0.05, 0.1) is 6.20 Å². The summed E-state index contributed by atoms with van der Waals surface area (Å²) in [6.07, 6.45) is 6.23. The molecule has 0 bridgehead atoms. The Balaban J connectivity index is 2.25. The maximum absolute atomic E-state index is 13.4. The van der Waals surface area contributed by atoms with E-state index in [4.69, 9.17) is 0 Å². The third kappa shape index (κ3) is 2.73. The Kier molecular flexibility index (Phi) is 3.27. The van der Waals surface area contributed by atoms with Crippen molar-refractivity contribution in [1.29, 1.82) is 0 Å². The first kappa shape index (κ1) is 10.5. The van der Waals surface area contributed by atoms with E-state index in [0.29, 0.717) is 14.5 Å². The highest BCUT2D eigenvalue weighted by atomic mass is 79.9. The van der Waals surface area contributed by atoms with Crippen LogP contribution < -0.4 is 0 Å². The number of nitrogens with zero attached hydrogens (tertiary/aromatic N) is 3. The zero-order valence-corrected chi connectivity index (χ0v) is 9.80. The van der Waals surface area contributed by atoms with Crippen LogP contribution in [0.1, 0.15) is 0 Å². The number of hydrogen-bond donors (Lipinski definition) is 0. The summed E-state index contributed by atoms with van der Waals surface area (Å²) in [4.78, 5) is 11.9. The van der Waals surface area contributed by atoms with Crippen LogP contribution in [-0.2, 0) is 0 Å². The second-order valence-corrected chi connectivity index (χ2v) is 4.51. The molecular weight excluding hydrogens is 281 g/mol. The van der Waals surface area contributed by atoms with Crippen LogP contribution >= 0.6 is 27.7 Å². The van der Waals surface area contributed by atoms with Gasteiger partial charge in [0.15, 0.2) is 5.82 Å². The summed E-state index contributed by atoms with van der Waals surface area (Å²) in [6.45, 7) is 0. The van der Waals surface area contributed by atoms with Gasteiger partial charge in [0, 0.05) is 23.1 Å². The summed E-state index contributed by atoms with van der Waals surface area (Å²) in [5, 5.41) is 0.907. The normalized spacial score (nSPS) is 10.3. The van der Waals surface area contributed by atoms with Gasteiger partial charge in [-0.3, -0.25) is 4.98 Å². The Morgan fingerprint density at radius 3 is 2.73 bits per heavy atom. The highest BCUT2D eigenvalue weighted by molar-refractivity contribution is 9.10. The lowest BCUT2D eigenvalue weighted by molar-refractivity contribution is 0.586. The van der Waals surface area contributed by atoms with Gasteiger partial charge in [0.1, 0.15) is 10.1 Å². The smallest absolute Gasteiger partial charge is 0.156 e. The van der Waals surface area contributed by atoms with Gasteiger partial charge in [-0.2, -0.15) is 0 Å². The van der Waals surface area contributed by atoms with E-state index in [2.05, 4.69) is 30.9 Å². The predicted molar refractivity (Wildman–Crippen MR) is 58.1 cm³/mol. The number of halogens is 2. The molecule has 2 aromatic rings. The number of hydrogen-bond acceptors (Lipinski definition) is 4. The molecule has 0 amide bonds. The summed E-state index contributed by atoms with van der Waals surface area (Å²) < 4.78 is 14.0. The highest BCUT2D eigenvalue weighted by Crippen LogP contribution is 2.26. The molecule has 15 heavy (non-hydrogen) atoms. The van der Waals surface area contributed by atoms with E-state index in [1.54, 1.807) is 24.8 Å². The minimum Gasteiger partial charge on any atom is -0.260 e. The molecule has 2 heterocycles. The Morgan fingerprint density at radius 1 is 1.20 bits per heavy atom. The van der Waals surface area contributed by atoms with Crippen molar-refractivity contribution in [3.05, 3.63) is 41.1 Å². The van der Waals surface area contributed by atoms with Gasteiger partial charge in [-0.05, 0) is 33.8 Å². The minimum atomic E-state index is -0.375. The molecule has 0 N–H and O–H groups in total. The fraction of sp³-hybridized carbons (Fsp3) is 0. The predicted octanol–water partition coefficient (Wildman–Crippen LogP) is 2.92. The molecule has 0 aliphatic heterocycles. The molecule has 6 heteroatoms. The van der Waals surface area contributed by atoms with Crippen LogP contribution in [0.2, 0.25) is 0 Å². The summed E-state index contributed by atoms with van der Waals surface area (Å²) in [5.74, 6) is -0.375. The molecule has 2 aromatic heterocycles. The maximum atomic E-state index is 13.4. The maximum Gasteiger partial charge on any atom is 0.156 e. The lowest BCUT2D eigenvalue weighted by Crippen LogP contribution is -1.88. The van der Waals surface area contributed by atoms with Gasteiger partial charge < -0.3 is 0 Å². The first-order valence-corrected chi connectivity index (χ1v) is 5.61. The van der Waals surface area contributed by atoms with Crippen molar-refractivity contribution in [2.75, 3.05) is 0 Å². The van der Waals surface area contributed by atoms with Crippen LogP contribution in [0.25, 0.3) is 0 Å². The molecule has 0 saturated carbocycles. The molecule has 3 nitrogen and oxygen atoms in total. The van der Waals surface area contributed by atoms with Crippen molar-refractivity contribution in [2.45, 2.75) is 10.1 Å². The van der Waals surface area contributed by atoms with Crippen molar-refractivity contribution < 1.29 is 4.39 Å². The van der Waals surface area contributed by atoms with Crippen LogP contribution in [0.5, 0.6) is 0 Å². The van der Waals surface area contributed by atoms with E-state index in [1.165, 1.54) is 6.07 Å². The third-order valence-electron chi connectivity index (χ3n) is 1.51. The van der Waals surface area contributed by atoms with Crippen LogP contribution in [0.4, 0.5) is 4.39 Å². The lowest BCUT2D eigenvalue weighted by atomic mass is 10.5. The van der Waals surface area contributed by atoms with Crippen LogP contribution in [0.3, 0.4) is 0 Å². The monoisotopic (exact) mass is 285 g/mol. The van der Waals surface area contributed by atoms with Crippen molar-refractivity contribution in [1.82, 2.24) is 15.0 Å². The third-order valence-corrected chi connectivity index (χ3v) is 2.86. The Hall–Kier alpha value is -1.01. The van der Waals surface area contributed by atoms with E-state index >= 15 is 0 Å². The van der Waals surface area contributed by atoms with Crippen LogP contribution in [0.15, 0.2) is 45.4 Å². The average molecular weight is 286 g/mol. The number of pyridine rings is 1. The largest absolute Gasteiger partial charge is 0.260 e. The summed E-state index contributed by atoms with van der Waals surface area (Å²) in [5.41, 5.74) is 0. The number of aromatic nitrogens is 3. The molecule has 0 spiro atoms. The second kappa shape index (κ2) is 4.67. The van der Waals surface area contributed by atoms with Crippen molar-refractivity contribution in [3.63, 3.8) is 0 Å². The SMILES string of the molecule is Fc1cc(Br)cnc1Sc1cnccn1. The Bertz CT molecular complexity index is 466. The molecule has 0 radical (unpaired) electrons. The van der Waals surface area contributed by atoms with Gasteiger partial charge in [0.25, 0.3) is 0 Å². The summed E-state index contributed by atoms with van der Waals surface area (Å²) >= 11 is 4.28. The standard InChI is InChI=1S/C9H5BrFN3S/c10-6-3-7(11)9(14-4-6)15-8-5-12-1-2-13-8/h1-5H. The zero-order chi connectivity index (χ0) is 10.7. The van der Waals surface area contributed by atoms with Crippen LogP contribution in [0, 0.1) is 5.82 Å². The Labute approximate surface area is 98.3 Å². The van der Waals surface area contributed by atoms with Gasteiger partial charge in [-0.1, -0.05) is 0 Å². The molecular formula is C9H5BrFN3S. The van der Waals surface area contributed by atoms with E-state index < -0.39 is 0 Å². The number of rotatable bonds is 2. The van der Waals surface area contributed by atoms with Crippen molar-refractivity contribution in [3.8, 4) is 0 Å². The molecule has 76 valence electrons. The fourth-order valence-electron chi connectivity index (χ4n) is 0.914. The molecule has 0 unspecified atom stereocenters. The van der Waals surface area contributed by atoms with Gasteiger partial charge in [0.2, 0.25) is 0 Å². The molecule has 0 aliphatic rings. The average Bonchev–Trinajstić information content (AvgIpc) is 2.24. The Morgan fingerprint density at radius 2 is 2.07 bits per heavy atom.